The number of rotatable bonds is 2. The summed E-state index contributed by atoms with van der Waals surface area (Å²) in [6, 6.07) is 0. The zero-order valence-electron chi connectivity index (χ0n) is 13.0. The van der Waals surface area contributed by atoms with E-state index in [1.165, 1.54) is 4.90 Å². The highest BCUT2D eigenvalue weighted by Gasteiger charge is 2.57. The summed E-state index contributed by atoms with van der Waals surface area (Å²) in [5, 5.41) is 0. The van der Waals surface area contributed by atoms with E-state index in [1.54, 1.807) is 4.90 Å². The normalized spacial score (nSPS) is 36.2. The van der Waals surface area contributed by atoms with Gasteiger partial charge in [0.05, 0.1) is 18.6 Å². The molecule has 0 aromatic carbocycles. The second kappa shape index (κ2) is 5.40. The highest BCUT2D eigenvalue weighted by atomic mass is 19.1. The molecule has 0 unspecified atom stereocenters. The van der Waals surface area contributed by atoms with Crippen molar-refractivity contribution in [2.24, 2.45) is 11.8 Å². The van der Waals surface area contributed by atoms with Crippen molar-refractivity contribution in [2.75, 3.05) is 32.8 Å². The average Bonchev–Trinajstić information content (AvgIpc) is 2.98. The summed E-state index contributed by atoms with van der Waals surface area (Å²) in [5.41, 5.74) is -1.67. The number of amides is 2. The van der Waals surface area contributed by atoms with Crippen LogP contribution in [0.25, 0.3) is 0 Å². The number of alkyl halides is 2. The Morgan fingerprint density at radius 1 is 1.09 bits per heavy atom. The first kappa shape index (κ1) is 15.3. The van der Waals surface area contributed by atoms with E-state index in [4.69, 9.17) is 4.74 Å². The molecular weight excluding hydrogens is 306 g/mol. The van der Waals surface area contributed by atoms with Crippen LogP contribution in [0, 0.1) is 11.8 Å². The lowest BCUT2D eigenvalue weighted by Gasteiger charge is -2.31. The minimum atomic E-state index is -1.67. The highest BCUT2D eigenvalue weighted by Crippen LogP contribution is 2.44. The van der Waals surface area contributed by atoms with Crippen molar-refractivity contribution in [1.82, 2.24) is 9.80 Å². The molecule has 1 aliphatic carbocycles. The zero-order valence-corrected chi connectivity index (χ0v) is 13.0. The molecule has 0 N–H and O–H groups in total. The summed E-state index contributed by atoms with van der Waals surface area (Å²) in [6.07, 6.45) is 0.405. The smallest absolute Gasteiger partial charge is 0.260 e. The highest BCUT2D eigenvalue weighted by molar-refractivity contribution is 5.88. The summed E-state index contributed by atoms with van der Waals surface area (Å²) in [7, 11) is 0. The maximum Gasteiger partial charge on any atom is 0.260 e. The number of halogens is 2. The number of hydrogen-bond acceptors (Lipinski definition) is 3. The molecule has 4 aliphatic rings. The van der Waals surface area contributed by atoms with Crippen LogP contribution in [0.1, 0.15) is 25.7 Å². The lowest BCUT2D eigenvalue weighted by atomic mass is 9.91. The Balaban J connectivity index is 1.40. The van der Waals surface area contributed by atoms with E-state index < -0.39 is 17.7 Å². The molecule has 4 rings (SSSR count). The topological polar surface area (TPSA) is 49.9 Å². The van der Waals surface area contributed by atoms with Gasteiger partial charge < -0.3 is 14.5 Å². The molecule has 2 amide bonds. The molecule has 23 heavy (non-hydrogen) atoms. The molecule has 3 heterocycles. The SMILES string of the molecule is O=C([C@H]1CO[C@H]2CN(C(=O)C3(F)CC3)C[C@H]21)N1CCC(F)CC1. The number of hydrogen-bond donors (Lipinski definition) is 0. The first-order valence-electron chi connectivity index (χ1n) is 8.51. The monoisotopic (exact) mass is 328 g/mol. The fourth-order valence-electron chi connectivity index (χ4n) is 4.04. The molecule has 0 spiro atoms. The number of fused-ring (bicyclic) bond motifs is 1. The predicted octanol–water partition coefficient (Wildman–Crippen LogP) is 0.922. The van der Waals surface area contributed by atoms with Gasteiger partial charge >= 0.3 is 0 Å². The van der Waals surface area contributed by atoms with Gasteiger partial charge in [-0.05, 0) is 25.7 Å². The summed E-state index contributed by atoms with van der Waals surface area (Å²) < 4.78 is 32.9. The number of carbonyl (C=O) groups is 2. The predicted molar refractivity (Wildman–Crippen MR) is 77.1 cm³/mol. The van der Waals surface area contributed by atoms with Crippen LogP contribution in [-0.4, -0.2) is 72.3 Å². The molecule has 0 aromatic rings. The van der Waals surface area contributed by atoms with Crippen LogP contribution in [0.2, 0.25) is 0 Å². The molecule has 0 aromatic heterocycles. The van der Waals surface area contributed by atoms with Gasteiger partial charge in [-0.1, -0.05) is 0 Å². The number of carbonyl (C=O) groups excluding carboxylic acids is 2. The van der Waals surface area contributed by atoms with Crippen molar-refractivity contribution in [1.29, 1.82) is 0 Å². The van der Waals surface area contributed by atoms with Crippen molar-refractivity contribution in [3.63, 3.8) is 0 Å². The van der Waals surface area contributed by atoms with Gasteiger partial charge in [0.2, 0.25) is 5.91 Å². The van der Waals surface area contributed by atoms with Gasteiger partial charge in [0, 0.05) is 32.1 Å². The van der Waals surface area contributed by atoms with Crippen molar-refractivity contribution in [3.05, 3.63) is 0 Å². The maximum atomic E-state index is 14.0. The Morgan fingerprint density at radius 2 is 1.78 bits per heavy atom. The second-order valence-electron chi connectivity index (χ2n) is 7.32. The van der Waals surface area contributed by atoms with E-state index in [2.05, 4.69) is 0 Å². The molecule has 0 radical (unpaired) electrons. The summed E-state index contributed by atoms with van der Waals surface area (Å²) >= 11 is 0. The van der Waals surface area contributed by atoms with Crippen molar-refractivity contribution >= 4 is 11.8 Å². The minimum Gasteiger partial charge on any atom is -0.375 e. The van der Waals surface area contributed by atoms with Gasteiger partial charge in [0.15, 0.2) is 5.67 Å². The summed E-state index contributed by atoms with van der Waals surface area (Å²) in [6.45, 7) is 2.03. The van der Waals surface area contributed by atoms with E-state index in [0.29, 0.717) is 58.5 Å². The van der Waals surface area contributed by atoms with Crippen molar-refractivity contribution in [2.45, 2.75) is 43.6 Å². The Hall–Kier alpha value is -1.24. The Bertz CT molecular complexity index is 517. The van der Waals surface area contributed by atoms with E-state index in [0.717, 1.165) is 0 Å². The Labute approximate surface area is 133 Å². The number of likely N-dealkylation sites (tertiary alicyclic amines) is 2. The molecule has 1 saturated carbocycles. The molecule has 3 aliphatic heterocycles. The van der Waals surface area contributed by atoms with Gasteiger partial charge in [0.25, 0.3) is 5.91 Å². The maximum absolute atomic E-state index is 14.0. The van der Waals surface area contributed by atoms with Crippen LogP contribution in [0.4, 0.5) is 8.78 Å². The van der Waals surface area contributed by atoms with E-state index in [1.807, 2.05) is 0 Å². The third-order valence-corrected chi connectivity index (χ3v) is 5.73. The standard InChI is InChI=1S/C16H22F2N2O3/c17-10-1-5-19(6-2-10)14(21)12-9-23-13-8-20(7-11(12)13)15(22)16(18)3-4-16/h10-13H,1-9H2/t11-,12-,13-/m0/s1. The quantitative estimate of drug-likeness (QED) is 0.757. The third kappa shape index (κ3) is 2.62. The number of piperidine rings is 1. The fraction of sp³-hybridized carbons (Fsp3) is 0.875. The summed E-state index contributed by atoms with van der Waals surface area (Å²) in [4.78, 5) is 28.1. The van der Waals surface area contributed by atoms with Crippen molar-refractivity contribution in [3.8, 4) is 0 Å². The average molecular weight is 328 g/mol. The van der Waals surface area contributed by atoms with E-state index in [-0.39, 0.29) is 23.8 Å². The van der Waals surface area contributed by atoms with E-state index >= 15 is 0 Å². The van der Waals surface area contributed by atoms with Gasteiger partial charge in [-0.15, -0.1) is 0 Å². The van der Waals surface area contributed by atoms with Crippen molar-refractivity contribution < 1.29 is 23.1 Å². The molecule has 3 atom stereocenters. The first-order chi connectivity index (χ1) is 11.0. The lowest BCUT2D eigenvalue weighted by Crippen LogP contribution is -2.45. The molecule has 7 heteroatoms. The number of ether oxygens (including phenoxy) is 1. The molecule has 128 valence electrons. The second-order valence-corrected chi connectivity index (χ2v) is 7.32. The van der Waals surface area contributed by atoms with Gasteiger partial charge in [-0.25, -0.2) is 8.78 Å². The molecular formula is C16H22F2N2O3. The Morgan fingerprint density at radius 3 is 2.43 bits per heavy atom. The molecule has 4 fully saturated rings. The van der Waals surface area contributed by atoms with Gasteiger partial charge in [-0.3, -0.25) is 9.59 Å². The number of nitrogens with zero attached hydrogens (tertiary/aromatic N) is 2. The van der Waals surface area contributed by atoms with Crippen LogP contribution in [0.3, 0.4) is 0 Å². The largest absolute Gasteiger partial charge is 0.375 e. The van der Waals surface area contributed by atoms with Crippen LogP contribution >= 0.6 is 0 Å². The molecule has 0 bridgehead atoms. The lowest BCUT2D eigenvalue weighted by molar-refractivity contribution is -0.141. The van der Waals surface area contributed by atoms with Gasteiger partial charge in [0.1, 0.15) is 6.17 Å². The molecule has 5 nitrogen and oxygen atoms in total. The first-order valence-corrected chi connectivity index (χ1v) is 8.51. The summed E-state index contributed by atoms with van der Waals surface area (Å²) in [5.74, 6) is -0.791. The molecule has 3 saturated heterocycles. The third-order valence-electron chi connectivity index (χ3n) is 5.73. The minimum absolute atomic E-state index is 0.0000765. The van der Waals surface area contributed by atoms with Crippen LogP contribution < -0.4 is 0 Å². The van der Waals surface area contributed by atoms with Crippen LogP contribution in [0.5, 0.6) is 0 Å². The van der Waals surface area contributed by atoms with Gasteiger partial charge in [-0.2, -0.15) is 0 Å². The van der Waals surface area contributed by atoms with E-state index in [9.17, 15) is 18.4 Å². The van der Waals surface area contributed by atoms with Crippen LogP contribution in [-0.2, 0) is 14.3 Å². The zero-order chi connectivity index (χ0) is 16.2. The van der Waals surface area contributed by atoms with Crippen LogP contribution in [0.15, 0.2) is 0 Å². The fourth-order valence-corrected chi connectivity index (χ4v) is 4.04. The Kier molecular flexibility index (Phi) is 3.59.